The number of carbonyl (C=O) groups excluding carboxylic acids is 2. The number of piperazine rings is 1. The number of rotatable bonds is 2. The van der Waals surface area contributed by atoms with Crippen LogP contribution in [0.3, 0.4) is 0 Å². The van der Waals surface area contributed by atoms with Crippen molar-refractivity contribution in [1.29, 1.82) is 0 Å². The van der Waals surface area contributed by atoms with E-state index >= 15 is 0 Å². The molecule has 1 saturated carbocycles. The number of carbonyl (C=O) groups is 2. The molecule has 4 nitrogen and oxygen atoms in total. The Balaban J connectivity index is 1.34. The van der Waals surface area contributed by atoms with Crippen LogP contribution >= 0.6 is 11.8 Å². The van der Waals surface area contributed by atoms with Crippen LogP contribution in [0.5, 0.6) is 0 Å². The van der Waals surface area contributed by atoms with Crippen LogP contribution in [0.1, 0.15) is 18.4 Å². The van der Waals surface area contributed by atoms with Crippen molar-refractivity contribution < 1.29 is 9.59 Å². The van der Waals surface area contributed by atoms with Crippen LogP contribution in [-0.2, 0) is 16.0 Å². The molecule has 2 heterocycles. The summed E-state index contributed by atoms with van der Waals surface area (Å²) in [6.07, 6.45) is 2.94. The molecule has 116 valence electrons. The van der Waals surface area contributed by atoms with Gasteiger partial charge >= 0.3 is 0 Å². The van der Waals surface area contributed by atoms with Gasteiger partial charge in [-0.25, -0.2) is 0 Å². The van der Waals surface area contributed by atoms with Crippen LogP contribution in [0, 0.1) is 5.92 Å². The number of benzene rings is 1. The molecule has 22 heavy (non-hydrogen) atoms. The van der Waals surface area contributed by atoms with Gasteiger partial charge in [-0.05, 0) is 30.9 Å². The topological polar surface area (TPSA) is 40.6 Å². The maximum absolute atomic E-state index is 12.7. The van der Waals surface area contributed by atoms with Crippen molar-refractivity contribution >= 4 is 23.6 Å². The van der Waals surface area contributed by atoms with Crippen molar-refractivity contribution in [1.82, 2.24) is 9.80 Å². The summed E-state index contributed by atoms with van der Waals surface area (Å²) < 4.78 is 0. The van der Waals surface area contributed by atoms with Gasteiger partial charge in [-0.15, -0.1) is 11.8 Å². The zero-order valence-corrected chi connectivity index (χ0v) is 13.3. The Morgan fingerprint density at radius 3 is 2.23 bits per heavy atom. The monoisotopic (exact) mass is 316 g/mol. The number of nitrogens with zero attached hydrogens (tertiary/aromatic N) is 2. The van der Waals surface area contributed by atoms with Crippen LogP contribution in [0.2, 0.25) is 0 Å². The van der Waals surface area contributed by atoms with Crippen LogP contribution < -0.4 is 0 Å². The van der Waals surface area contributed by atoms with Gasteiger partial charge in [-0.2, -0.15) is 0 Å². The summed E-state index contributed by atoms with van der Waals surface area (Å²) in [5.41, 5.74) is 1.29. The van der Waals surface area contributed by atoms with Crippen LogP contribution in [0.25, 0.3) is 0 Å². The Morgan fingerprint density at radius 1 is 0.955 bits per heavy atom. The van der Waals surface area contributed by atoms with E-state index in [4.69, 9.17) is 0 Å². The van der Waals surface area contributed by atoms with Crippen molar-refractivity contribution in [3.8, 4) is 0 Å². The molecule has 2 fully saturated rings. The Bertz CT molecular complexity index is 581. The summed E-state index contributed by atoms with van der Waals surface area (Å²) in [6, 6.07) is 8.27. The summed E-state index contributed by atoms with van der Waals surface area (Å²) in [5, 5.41) is 0.0167. The van der Waals surface area contributed by atoms with E-state index in [1.807, 2.05) is 21.9 Å². The molecule has 0 radical (unpaired) electrons. The zero-order valence-electron chi connectivity index (χ0n) is 12.5. The van der Waals surface area contributed by atoms with Crippen molar-refractivity contribution in [2.75, 3.05) is 26.2 Å². The van der Waals surface area contributed by atoms with E-state index in [0.717, 1.165) is 19.3 Å². The van der Waals surface area contributed by atoms with Gasteiger partial charge in [-0.3, -0.25) is 9.59 Å². The third-order valence-electron chi connectivity index (χ3n) is 4.75. The minimum atomic E-state index is 0.0167. The predicted octanol–water partition coefficient (Wildman–Crippen LogP) is 1.78. The van der Waals surface area contributed by atoms with E-state index < -0.39 is 0 Å². The average molecular weight is 316 g/mol. The molecule has 1 saturated heterocycles. The van der Waals surface area contributed by atoms with Gasteiger partial charge in [0.2, 0.25) is 11.8 Å². The molecule has 0 N–H and O–H groups in total. The van der Waals surface area contributed by atoms with Gasteiger partial charge in [0, 0.05) is 37.0 Å². The highest BCUT2D eigenvalue weighted by atomic mass is 32.2. The molecule has 1 atom stereocenters. The maximum atomic E-state index is 12.7. The summed E-state index contributed by atoms with van der Waals surface area (Å²) in [6.45, 7) is 2.77. The highest BCUT2D eigenvalue weighted by Crippen LogP contribution is 2.37. The normalized spacial score (nSPS) is 24.3. The molecule has 1 aromatic rings. The van der Waals surface area contributed by atoms with E-state index in [1.165, 1.54) is 10.5 Å². The lowest BCUT2D eigenvalue weighted by atomic mass is 10.1. The van der Waals surface area contributed by atoms with E-state index in [9.17, 15) is 9.59 Å². The number of hydrogen-bond acceptors (Lipinski definition) is 3. The van der Waals surface area contributed by atoms with Crippen molar-refractivity contribution in [3.63, 3.8) is 0 Å². The van der Waals surface area contributed by atoms with Gasteiger partial charge in [0.1, 0.15) is 0 Å². The SMILES string of the molecule is O=C(C1CC1)N1CCN(C(=O)[C@H]2Cc3ccccc3S2)CC1. The summed E-state index contributed by atoms with van der Waals surface area (Å²) in [5.74, 6) is 0.816. The summed E-state index contributed by atoms with van der Waals surface area (Å²) in [4.78, 5) is 29.9. The quantitative estimate of drug-likeness (QED) is 0.835. The van der Waals surface area contributed by atoms with E-state index in [1.54, 1.807) is 11.8 Å². The van der Waals surface area contributed by atoms with Gasteiger partial charge < -0.3 is 9.80 Å². The summed E-state index contributed by atoms with van der Waals surface area (Å²) >= 11 is 1.69. The van der Waals surface area contributed by atoms with Crippen molar-refractivity contribution in [2.24, 2.45) is 5.92 Å². The minimum Gasteiger partial charge on any atom is -0.339 e. The second-order valence-corrected chi connectivity index (χ2v) is 7.59. The Labute approximate surface area is 134 Å². The average Bonchev–Trinajstić information content (AvgIpc) is 3.32. The molecule has 3 aliphatic rings. The minimum absolute atomic E-state index is 0.0167. The first-order valence-corrected chi connectivity index (χ1v) is 8.92. The van der Waals surface area contributed by atoms with Crippen molar-refractivity contribution in [2.45, 2.75) is 29.4 Å². The second kappa shape index (κ2) is 5.61. The van der Waals surface area contributed by atoms with Crippen molar-refractivity contribution in [3.05, 3.63) is 29.8 Å². The molecular formula is C17H20N2O2S. The fraction of sp³-hybridized carbons (Fsp3) is 0.529. The number of hydrogen-bond donors (Lipinski definition) is 0. The van der Waals surface area contributed by atoms with Crippen LogP contribution in [0.4, 0.5) is 0 Å². The first-order chi connectivity index (χ1) is 10.7. The van der Waals surface area contributed by atoms with Crippen LogP contribution in [0.15, 0.2) is 29.2 Å². The second-order valence-electron chi connectivity index (χ2n) is 6.34. The molecular weight excluding hydrogens is 296 g/mol. The van der Waals surface area contributed by atoms with Gasteiger partial charge in [0.05, 0.1) is 5.25 Å². The number of fused-ring (bicyclic) bond motifs is 1. The fourth-order valence-electron chi connectivity index (χ4n) is 3.26. The smallest absolute Gasteiger partial charge is 0.236 e. The highest BCUT2D eigenvalue weighted by molar-refractivity contribution is 8.01. The van der Waals surface area contributed by atoms with Gasteiger partial charge in [-0.1, -0.05) is 18.2 Å². The molecule has 4 rings (SSSR count). The Morgan fingerprint density at radius 2 is 1.59 bits per heavy atom. The summed E-state index contributed by atoms with van der Waals surface area (Å²) in [7, 11) is 0. The van der Waals surface area contributed by atoms with Gasteiger partial charge in [0.15, 0.2) is 0 Å². The maximum Gasteiger partial charge on any atom is 0.236 e. The first kappa shape index (κ1) is 14.1. The molecule has 0 bridgehead atoms. The molecule has 0 spiro atoms. The molecule has 0 unspecified atom stereocenters. The van der Waals surface area contributed by atoms with Gasteiger partial charge in [0.25, 0.3) is 0 Å². The lowest BCUT2D eigenvalue weighted by Gasteiger charge is -2.36. The van der Waals surface area contributed by atoms with E-state index in [0.29, 0.717) is 32.1 Å². The Hall–Kier alpha value is -1.49. The van der Waals surface area contributed by atoms with E-state index in [-0.39, 0.29) is 17.1 Å². The molecule has 2 aliphatic heterocycles. The molecule has 0 aromatic heterocycles. The van der Waals surface area contributed by atoms with E-state index in [2.05, 4.69) is 12.1 Å². The molecule has 1 aliphatic carbocycles. The third-order valence-corrected chi connectivity index (χ3v) is 6.06. The molecule has 1 aromatic carbocycles. The molecule has 2 amide bonds. The number of amides is 2. The lowest BCUT2D eigenvalue weighted by molar-refractivity contribution is -0.140. The highest BCUT2D eigenvalue weighted by Gasteiger charge is 2.37. The fourth-order valence-corrected chi connectivity index (χ4v) is 4.54. The zero-order chi connectivity index (χ0) is 15.1. The third kappa shape index (κ3) is 2.62. The largest absolute Gasteiger partial charge is 0.339 e. The van der Waals surface area contributed by atoms with Crippen LogP contribution in [-0.4, -0.2) is 53.0 Å². The predicted molar refractivity (Wildman–Crippen MR) is 85.7 cm³/mol. The number of thioether (sulfide) groups is 1. The first-order valence-electron chi connectivity index (χ1n) is 8.04. The standard InChI is InChI=1S/C17H20N2O2S/c20-16(12-5-6-12)18-7-9-19(10-8-18)17(21)15-11-13-3-1-2-4-14(13)22-15/h1-4,12,15H,5-11H2/t15-/m1/s1. The lowest BCUT2D eigenvalue weighted by Crippen LogP contribution is -2.52. The molecule has 5 heteroatoms. The Kier molecular flexibility index (Phi) is 3.60.